The number of aromatic hydroxyl groups is 3. The van der Waals surface area contributed by atoms with E-state index < -0.39 is 0 Å². The number of hydrogen-bond donors (Lipinski definition) is 3. The Morgan fingerprint density at radius 3 is 2.00 bits per heavy atom. The molecule has 3 N–H and O–H groups in total. The lowest BCUT2D eigenvalue weighted by Gasteiger charge is -2.45. The molecule has 3 aromatic rings. The summed E-state index contributed by atoms with van der Waals surface area (Å²) in [4.78, 5) is 0. The first-order valence-corrected chi connectivity index (χ1v) is 7.51. The molecule has 0 amide bonds. The van der Waals surface area contributed by atoms with Crippen LogP contribution < -0.4 is 0 Å². The van der Waals surface area contributed by atoms with E-state index in [4.69, 9.17) is 0 Å². The van der Waals surface area contributed by atoms with Gasteiger partial charge in [-0.15, -0.1) is 0 Å². The monoisotopic (exact) mass is 304 g/mol. The Morgan fingerprint density at radius 1 is 0.696 bits per heavy atom. The molecule has 0 fully saturated rings. The molecule has 0 bridgehead atoms. The van der Waals surface area contributed by atoms with Gasteiger partial charge in [0.25, 0.3) is 0 Å². The third kappa shape index (κ3) is 1.90. The van der Waals surface area contributed by atoms with Crippen molar-refractivity contribution in [3.8, 4) is 17.2 Å². The molecule has 0 spiro atoms. The number of hydrogen-bond acceptors (Lipinski definition) is 3. The normalized spacial score (nSPS) is 19.0. The van der Waals surface area contributed by atoms with Crippen molar-refractivity contribution in [2.45, 2.75) is 11.8 Å². The van der Waals surface area contributed by atoms with Gasteiger partial charge in [0.05, 0.1) is 0 Å². The van der Waals surface area contributed by atoms with Crippen molar-refractivity contribution in [1.82, 2.24) is 0 Å². The first-order valence-electron chi connectivity index (χ1n) is 7.51. The lowest BCUT2D eigenvalue weighted by atomic mass is 9.57. The molecule has 1 aliphatic carbocycles. The van der Waals surface area contributed by atoms with Gasteiger partial charge >= 0.3 is 0 Å². The minimum absolute atomic E-state index is 0.0869. The van der Waals surface area contributed by atoms with Crippen LogP contribution in [0.2, 0.25) is 0 Å². The Hall–Kier alpha value is -2.94. The number of phenolic OH excluding ortho intramolecular Hbond substituents is 3. The van der Waals surface area contributed by atoms with Crippen molar-refractivity contribution in [2.24, 2.45) is 0 Å². The van der Waals surface area contributed by atoms with Gasteiger partial charge in [-0.25, -0.2) is 0 Å². The molecule has 4 rings (SSSR count). The molecule has 0 aliphatic heterocycles. The van der Waals surface area contributed by atoms with Gasteiger partial charge in [-0.05, 0) is 52.9 Å². The van der Waals surface area contributed by atoms with Crippen LogP contribution in [0.25, 0.3) is 0 Å². The Labute approximate surface area is 134 Å². The van der Waals surface area contributed by atoms with Crippen LogP contribution in [0.15, 0.2) is 66.7 Å². The number of phenols is 3. The molecule has 1 atom stereocenters. The quantitative estimate of drug-likeness (QED) is 0.633. The number of fused-ring (bicyclic) bond motifs is 1. The maximum absolute atomic E-state index is 9.94. The first kappa shape index (κ1) is 13.7. The summed E-state index contributed by atoms with van der Waals surface area (Å²) in [5, 5.41) is 29.2. The molecule has 0 saturated heterocycles. The van der Waals surface area contributed by atoms with Crippen LogP contribution in [0.3, 0.4) is 0 Å². The molecule has 3 aromatic carbocycles. The topological polar surface area (TPSA) is 60.7 Å². The molecule has 0 aromatic heterocycles. The summed E-state index contributed by atoms with van der Waals surface area (Å²) in [5.74, 6) is 0.0312. The Kier molecular flexibility index (Phi) is 2.85. The minimum Gasteiger partial charge on any atom is -0.508 e. The molecule has 114 valence electrons. The fraction of sp³-hybridized carbons (Fsp3) is 0.100. The fourth-order valence-corrected chi connectivity index (χ4v) is 3.59. The number of benzene rings is 3. The largest absolute Gasteiger partial charge is 0.508 e. The molecular formula is C20H16O3. The van der Waals surface area contributed by atoms with Crippen molar-refractivity contribution in [1.29, 1.82) is 0 Å². The summed E-state index contributed by atoms with van der Waals surface area (Å²) in [6.07, 6.45) is 0.741. The van der Waals surface area contributed by atoms with Crippen LogP contribution in [0.5, 0.6) is 17.2 Å². The van der Waals surface area contributed by atoms with E-state index in [9.17, 15) is 15.3 Å². The van der Waals surface area contributed by atoms with Crippen molar-refractivity contribution >= 4 is 0 Å². The average Bonchev–Trinajstić information content (AvgIpc) is 2.56. The van der Waals surface area contributed by atoms with Gasteiger partial charge in [0, 0.05) is 5.41 Å². The lowest BCUT2D eigenvalue weighted by molar-refractivity contribution is 0.396. The van der Waals surface area contributed by atoms with Gasteiger partial charge in [-0.2, -0.15) is 0 Å². The summed E-state index contributed by atoms with van der Waals surface area (Å²) >= 11 is 0. The third-order valence-corrected chi connectivity index (χ3v) is 4.74. The van der Waals surface area contributed by atoms with E-state index in [-0.39, 0.29) is 22.7 Å². The van der Waals surface area contributed by atoms with Crippen LogP contribution in [0.4, 0.5) is 0 Å². The van der Waals surface area contributed by atoms with Crippen molar-refractivity contribution in [3.63, 3.8) is 0 Å². The fourth-order valence-electron chi connectivity index (χ4n) is 3.59. The van der Waals surface area contributed by atoms with E-state index in [0.29, 0.717) is 0 Å². The van der Waals surface area contributed by atoms with E-state index in [1.165, 1.54) is 0 Å². The smallest absolute Gasteiger partial charge is 0.157 e. The second kappa shape index (κ2) is 4.78. The van der Waals surface area contributed by atoms with E-state index in [2.05, 4.69) is 12.1 Å². The number of rotatable bonds is 2. The Bertz CT molecular complexity index is 869. The standard InChI is InChI=1S/C20H16O3/c21-16-8-6-15(7-9-16)20(14-4-2-1-3-5-14)12-13-10-18(22)19(23)11-17(13)20/h1-11,21-23H,12H2. The molecule has 0 saturated carbocycles. The summed E-state index contributed by atoms with van der Waals surface area (Å²) in [7, 11) is 0. The molecule has 1 aliphatic rings. The zero-order valence-corrected chi connectivity index (χ0v) is 12.4. The maximum Gasteiger partial charge on any atom is 0.157 e. The Balaban J connectivity index is 1.97. The molecule has 3 nitrogen and oxygen atoms in total. The predicted octanol–water partition coefficient (Wildman–Crippen LogP) is 3.69. The van der Waals surface area contributed by atoms with E-state index >= 15 is 0 Å². The highest BCUT2D eigenvalue weighted by atomic mass is 16.3. The van der Waals surface area contributed by atoms with Gasteiger partial charge in [-0.1, -0.05) is 42.5 Å². The minimum atomic E-state index is -0.366. The summed E-state index contributed by atoms with van der Waals surface area (Å²) in [6, 6.07) is 20.6. The average molecular weight is 304 g/mol. The van der Waals surface area contributed by atoms with E-state index in [0.717, 1.165) is 28.7 Å². The van der Waals surface area contributed by atoms with Crippen molar-refractivity contribution in [3.05, 3.63) is 89.0 Å². The molecule has 3 heteroatoms. The van der Waals surface area contributed by atoms with Crippen molar-refractivity contribution < 1.29 is 15.3 Å². The predicted molar refractivity (Wildman–Crippen MR) is 87.9 cm³/mol. The van der Waals surface area contributed by atoms with Gasteiger partial charge in [0.15, 0.2) is 11.5 Å². The highest BCUT2D eigenvalue weighted by Gasteiger charge is 2.46. The molecule has 0 heterocycles. The van der Waals surface area contributed by atoms with E-state index in [1.54, 1.807) is 24.3 Å². The summed E-state index contributed by atoms with van der Waals surface area (Å²) in [5.41, 5.74) is 3.83. The van der Waals surface area contributed by atoms with Crippen LogP contribution in [-0.2, 0) is 11.8 Å². The van der Waals surface area contributed by atoms with Gasteiger partial charge < -0.3 is 15.3 Å². The van der Waals surface area contributed by atoms with Gasteiger partial charge in [0.1, 0.15) is 5.75 Å². The summed E-state index contributed by atoms with van der Waals surface area (Å²) < 4.78 is 0. The molecule has 1 unspecified atom stereocenters. The second-order valence-corrected chi connectivity index (χ2v) is 5.99. The summed E-state index contributed by atoms with van der Waals surface area (Å²) in [6.45, 7) is 0. The zero-order valence-electron chi connectivity index (χ0n) is 12.4. The van der Waals surface area contributed by atoms with Crippen molar-refractivity contribution in [2.75, 3.05) is 0 Å². The Morgan fingerprint density at radius 2 is 1.30 bits per heavy atom. The van der Waals surface area contributed by atoms with Gasteiger partial charge in [0.2, 0.25) is 0 Å². The molecular weight excluding hydrogens is 288 g/mol. The molecule has 0 radical (unpaired) electrons. The second-order valence-electron chi connectivity index (χ2n) is 5.99. The highest BCUT2D eigenvalue weighted by Crippen LogP contribution is 2.53. The van der Waals surface area contributed by atoms with Crippen LogP contribution in [-0.4, -0.2) is 15.3 Å². The maximum atomic E-state index is 9.94. The molecule has 23 heavy (non-hydrogen) atoms. The lowest BCUT2D eigenvalue weighted by Crippen LogP contribution is -2.41. The zero-order chi connectivity index (χ0) is 16.0. The first-order chi connectivity index (χ1) is 11.1. The third-order valence-electron chi connectivity index (χ3n) is 4.74. The van der Waals surface area contributed by atoms with Crippen LogP contribution in [0.1, 0.15) is 22.3 Å². The highest BCUT2D eigenvalue weighted by molar-refractivity contribution is 5.65. The SMILES string of the molecule is Oc1ccc(C2(c3ccccc3)Cc3cc(O)c(O)cc32)cc1. The van der Waals surface area contributed by atoms with Crippen LogP contribution in [0, 0.1) is 0 Å². The van der Waals surface area contributed by atoms with Gasteiger partial charge in [-0.3, -0.25) is 0 Å². The van der Waals surface area contributed by atoms with Crippen LogP contribution >= 0.6 is 0 Å². The van der Waals surface area contributed by atoms with E-state index in [1.807, 2.05) is 30.3 Å².